The number of hydrogen-bond acceptors (Lipinski definition) is 6. The molecule has 1 aromatic rings. The van der Waals surface area contributed by atoms with E-state index in [0.717, 1.165) is 25.7 Å². The number of aliphatic hydroxyl groups is 2. The molecule has 0 radical (unpaired) electrons. The van der Waals surface area contributed by atoms with Crippen molar-refractivity contribution in [2.45, 2.75) is 50.6 Å². The van der Waals surface area contributed by atoms with Crippen LogP contribution in [0.3, 0.4) is 0 Å². The summed E-state index contributed by atoms with van der Waals surface area (Å²) in [6.45, 7) is -0.0620. The number of carbonyl (C=O) groups excluding carboxylic acids is 2. The second-order valence-corrected chi connectivity index (χ2v) is 7.50. The third-order valence-corrected chi connectivity index (χ3v) is 5.24. The number of carbonyl (C=O) groups is 2. The van der Waals surface area contributed by atoms with Crippen LogP contribution < -0.4 is 15.4 Å². The molecule has 2 aliphatic rings. The van der Waals surface area contributed by atoms with Gasteiger partial charge in [0.25, 0.3) is 5.91 Å². The number of fused-ring (bicyclic) bond motifs is 1. The summed E-state index contributed by atoms with van der Waals surface area (Å²) in [5.41, 5.74) is 1.28. The van der Waals surface area contributed by atoms with Gasteiger partial charge in [0.1, 0.15) is 18.1 Å². The monoisotopic (exact) mass is 376 g/mol. The maximum Gasteiger partial charge on any atom is 0.251 e. The van der Waals surface area contributed by atoms with Crippen molar-refractivity contribution in [3.8, 4) is 5.75 Å². The minimum atomic E-state index is -0.416. The van der Waals surface area contributed by atoms with E-state index in [4.69, 9.17) is 14.9 Å². The lowest BCUT2D eigenvalue weighted by Gasteiger charge is -2.28. The van der Waals surface area contributed by atoms with Gasteiger partial charge in [0, 0.05) is 43.6 Å². The van der Waals surface area contributed by atoms with Crippen LogP contribution >= 0.6 is 0 Å². The predicted octanol–water partition coefficient (Wildman–Crippen LogP) is 1.48. The predicted molar refractivity (Wildman–Crippen MR) is 101 cm³/mol. The van der Waals surface area contributed by atoms with Crippen LogP contribution in [0.1, 0.15) is 48.9 Å². The molecule has 0 aromatic heterocycles. The van der Waals surface area contributed by atoms with Crippen molar-refractivity contribution in [3.63, 3.8) is 0 Å². The van der Waals surface area contributed by atoms with E-state index >= 15 is 0 Å². The molecule has 27 heavy (non-hydrogen) atoms. The number of rotatable bonds is 8. The van der Waals surface area contributed by atoms with Gasteiger partial charge in [0.15, 0.2) is 0 Å². The first-order valence-corrected chi connectivity index (χ1v) is 9.66. The fourth-order valence-corrected chi connectivity index (χ4v) is 3.68. The number of amides is 1. The molecule has 1 atom stereocenters. The van der Waals surface area contributed by atoms with E-state index in [1.807, 2.05) is 0 Å². The van der Waals surface area contributed by atoms with Crippen LogP contribution in [0.15, 0.2) is 18.2 Å². The van der Waals surface area contributed by atoms with Crippen molar-refractivity contribution >= 4 is 17.4 Å². The molecular weight excluding hydrogens is 348 g/mol. The Bertz CT molecular complexity index is 668. The standard InChI is InChI=1S/C20H28N2O5/c23-10-13(11-24)7-17(25)9-16-12-27-19-6-5-14(8-18(19)21-16)20(26)22-15-3-1-2-4-15/h5-6,8,13,15-16,21,23-24H,1-4,7,9-12H2,(H,22,26). The number of anilines is 1. The van der Waals surface area contributed by atoms with Gasteiger partial charge in [-0.2, -0.15) is 0 Å². The molecule has 148 valence electrons. The molecule has 1 unspecified atom stereocenters. The SMILES string of the molecule is O=C(CC(CO)CO)CC1COc2ccc(C(=O)NC3CCCC3)cc2N1. The van der Waals surface area contributed by atoms with Gasteiger partial charge in [-0.25, -0.2) is 0 Å². The van der Waals surface area contributed by atoms with Gasteiger partial charge in [-0.1, -0.05) is 12.8 Å². The van der Waals surface area contributed by atoms with Crippen LogP contribution in [0, 0.1) is 5.92 Å². The van der Waals surface area contributed by atoms with E-state index < -0.39 is 5.92 Å². The summed E-state index contributed by atoms with van der Waals surface area (Å²) < 4.78 is 5.72. The van der Waals surface area contributed by atoms with Crippen molar-refractivity contribution in [3.05, 3.63) is 23.8 Å². The van der Waals surface area contributed by atoms with E-state index in [9.17, 15) is 9.59 Å². The van der Waals surface area contributed by atoms with Crippen LogP contribution in [0.2, 0.25) is 0 Å². The molecule has 1 aliphatic carbocycles. The van der Waals surface area contributed by atoms with Crippen molar-refractivity contribution in [1.29, 1.82) is 0 Å². The maximum atomic E-state index is 12.5. The van der Waals surface area contributed by atoms with Gasteiger partial charge < -0.3 is 25.6 Å². The maximum absolute atomic E-state index is 12.5. The highest BCUT2D eigenvalue weighted by Crippen LogP contribution is 2.31. The van der Waals surface area contributed by atoms with Crippen molar-refractivity contribution in [2.24, 2.45) is 5.92 Å². The van der Waals surface area contributed by atoms with Crippen LogP contribution in [0.5, 0.6) is 5.75 Å². The first kappa shape index (κ1) is 19.6. The van der Waals surface area contributed by atoms with Crippen molar-refractivity contribution in [2.75, 3.05) is 25.1 Å². The van der Waals surface area contributed by atoms with Gasteiger partial charge in [0.05, 0.1) is 11.7 Å². The summed E-state index contributed by atoms with van der Waals surface area (Å²) >= 11 is 0. The minimum absolute atomic E-state index is 0.0391. The normalized spacial score (nSPS) is 19.3. The van der Waals surface area contributed by atoms with E-state index in [0.29, 0.717) is 23.6 Å². The summed E-state index contributed by atoms with van der Waals surface area (Å²) in [5, 5.41) is 24.6. The molecule has 0 spiro atoms. The Kier molecular flexibility index (Phi) is 6.68. The van der Waals surface area contributed by atoms with Crippen LogP contribution in [-0.2, 0) is 4.79 Å². The number of aliphatic hydroxyl groups excluding tert-OH is 2. The third kappa shape index (κ3) is 5.20. The largest absolute Gasteiger partial charge is 0.489 e. The van der Waals surface area contributed by atoms with Gasteiger partial charge in [-0.15, -0.1) is 0 Å². The smallest absolute Gasteiger partial charge is 0.251 e. The summed E-state index contributed by atoms with van der Waals surface area (Å²) in [6.07, 6.45) is 4.77. The Morgan fingerprint density at radius 3 is 2.67 bits per heavy atom. The molecule has 0 saturated heterocycles. The van der Waals surface area contributed by atoms with Crippen LogP contribution in [-0.4, -0.2) is 53.8 Å². The van der Waals surface area contributed by atoms with Crippen LogP contribution in [0.25, 0.3) is 0 Å². The lowest BCUT2D eigenvalue weighted by atomic mass is 9.99. The summed E-state index contributed by atoms with van der Waals surface area (Å²) in [4.78, 5) is 24.6. The molecule has 3 rings (SSSR count). The summed E-state index contributed by atoms with van der Waals surface area (Å²) in [6, 6.07) is 5.35. The lowest BCUT2D eigenvalue weighted by molar-refractivity contribution is -0.121. The number of nitrogens with one attached hydrogen (secondary N) is 2. The highest BCUT2D eigenvalue weighted by molar-refractivity contribution is 5.96. The quantitative estimate of drug-likeness (QED) is 0.547. The van der Waals surface area contributed by atoms with Gasteiger partial charge in [-0.3, -0.25) is 9.59 Å². The third-order valence-electron chi connectivity index (χ3n) is 5.24. The second-order valence-electron chi connectivity index (χ2n) is 7.50. The van der Waals surface area contributed by atoms with Gasteiger partial charge >= 0.3 is 0 Å². The molecule has 0 bridgehead atoms. The van der Waals surface area contributed by atoms with E-state index in [-0.39, 0.29) is 49.8 Å². The highest BCUT2D eigenvalue weighted by atomic mass is 16.5. The molecular formula is C20H28N2O5. The van der Waals surface area contributed by atoms with E-state index in [1.165, 1.54) is 0 Å². The Balaban J connectivity index is 1.59. The zero-order valence-corrected chi connectivity index (χ0v) is 15.4. The average Bonchev–Trinajstić information content (AvgIpc) is 3.18. The fourth-order valence-electron chi connectivity index (χ4n) is 3.68. The van der Waals surface area contributed by atoms with Crippen molar-refractivity contribution < 1.29 is 24.5 Å². The molecule has 1 fully saturated rings. The van der Waals surface area contributed by atoms with Crippen molar-refractivity contribution in [1.82, 2.24) is 5.32 Å². The first-order valence-electron chi connectivity index (χ1n) is 9.66. The average molecular weight is 376 g/mol. The van der Waals surface area contributed by atoms with Crippen LogP contribution in [0.4, 0.5) is 5.69 Å². The summed E-state index contributed by atoms with van der Waals surface area (Å²) in [5.74, 6) is 0.126. The Morgan fingerprint density at radius 2 is 1.96 bits per heavy atom. The zero-order chi connectivity index (χ0) is 19.2. The number of hydrogen-bond donors (Lipinski definition) is 4. The molecule has 1 aromatic carbocycles. The lowest BCUT2D eigenvalue weighted by Crippen LogP contribution is -2.35. The first-order chi connectivity index (χ1) is 13.1. The summed E-state index contributed by atoms with van der Waals surface area (Å²) in [7, 11) is 0. The topological polar surface area (TPSA) is 108 Å². The molecule has 1 heterocycles. The Hall–Kier alpha value is -2.12. The highest BCUT2D eigenvalue weighted by Gasteiger charge is 2.24. The van der Waals surface area contributed by atoms with Gasteiger partial charge in [0.2, 0.25) is 0 Å². The fraction of sp³-hybridized carbons (Fsp3) is 0.600. The molecule has 1 aliphatic heterocycles. The molecule has 1 amide bonds. The number of ether oxygens (including phenoxy) is 1. The Labute approximate surface area is 159 Å². The second kappa shape index (κ2) is 9.19. The zero-order valence-electron chi connectivity index (χ0n) is 15.4. The van der Waals surface area contributed by atoms with E-state index in [2.05, 4.69) is 10.6 Å². The molecule has 7 nitrogen and oxygen atoms in total. The number of Topliss-reactive ketones (excluding diaryl/α,β-unsaturated/α-hetero) is 1. The Morgan fingerprint density at radius 1 is 1.22 bits per heavy atom. The molecule has 1 saturated carbocycles. The number of benzene rings is 1. The minimum Gasteiger partial charge on any atom is -0.489 e. The molecule has 4 N–H and O–H groups in total. The van der Waals surface area contributed by atoms with E-state index in [1.54, 1.807) is 18.2 Å². The van der Waals surface area contributed by atoms with Gasteiger partial charge in [-0.05, 0) is 31.0 Å². The molecule has 7 heteroatoms. The number of ketones is 1.